The standard InChI is InChI=1S/C17H17NO4/c1-11-7-12(2)9-15(8-11)22-10-16(19)18-14-5-3-13(4-6-14)17(20)21/h3-9H,10H2,1-2H3,(H,18,19)(H,20,21). The van der Waals surface area contributed by atoms with Crippen molar-refractivity contribution in [1.82, 2.24) is 0 Å². The van der Waals surface area contributed by atoms with Gasteiger partial charge < -0.3 is 15.2 Å². The third kappa shape index (κ3) is 4.34. The molecule has 22 heavy (non-hydrogen) atoms. The van der Waals surface area contributed by atoms with Crippen LogP contribution >= 0.6 is 0 Å². The van der Waals surface area contributed by atoms with Gasteiger partial charge in [0.05, 0.1) is 5.56 Å². The van der Waals surface area contributed by atoms with Gasteiger partial charge in [0.15, 0.2) is 6.61 Å². The van der Waals surface area contributed by atoms with Gasteiger partial charge in [-0.2, -0.15) is 0 Å². The van der Waals surface area contributed by atoms with E-state index in [1.807, 2.05) is 32.0 Å². The molecule has 2 aromatic carbocycles. The molecule has 0 radical (unpaired) electrons. The number of aromatic carboxylic acids is 1. The maximum Gasteiger partial charge on any atom is 0.335 e. The van der Waals surface area contributed by atoms with E-state index in [9.17, 15) is 9.59 Å². The Morgan fingerprint density at radius 3 is 2.18 bits per heavy atom. The zero-order valence-corrected chi connectivity index (χ0v) is 12.4. The van der Waals surface area contributed by atoms with E-state index in [0.29, 0.717) is 11.4 Å². The Bertz CT molecular complexity index is 672. The van der Waals surface area contributed by atoms with Crippen LogP contribution in [0, 0.1) is 13.8 Å². The number of carbonyl (C=O) groups excluding carboxylic acids is 1. The first-order valence-corrected chi connectivity index (χ1v) is 6.78. The van der Waals surface area contributed by atoms with Crippen LogP contribution in [0.1, 0.15) is 21.5 Å². The van der Waals surface area contributed by atoms with E-state index in [1.54, 1.807) is 0 Å². The van der Waals surface area contributed by atoms with Crippen molar-refractivity contribution in [3.05, 3.63) is 59.2 Å². The van der Waals surface area contributed by atoms with Crippen molar-refractivity contribution < 1.29 is 19.4 Å². The molecule has 0 saturated heterocycles. The molecule has 0 unspecified atom stereocenters. The van der Waals surface area contributed by atoms with Crippen molar-refractivity contribution >= 4 is 17.6 Å². The lowest BCUT2D eigenvalue weighted by atomic mass is 10.1. The first-order chi connectivity index (χ1) is 10.4. The highest BCUT2D eigenvalue weighted by Gasteiger charge is 2.06. The van der Waals surface area contributed by atoms with Gasteiger partial charge in [0.2, 0.25) is 0 Å². The number of nitrogens with one attached hydrogen (secondary N) is 1. The summed E-state index contributed by atoms with van der Waals surface area (Å²) < 4.78 is 5.46. The molecule has 114 valence electrons. The number of anilines is 1. The van der Waals surface area contributed by atoms with Gasteiger partial charge in [-0.25, -0.2) is 4.79 Å². The van der Waals surface area contributed by atoms with Gasteiger partial charge in [-0.3, -0.25) is 4.79 Å². The fraction of sp³-hybridized carbons (Fsp3) is 0.176. The summed E-state index contributed by atoms with van der Waals surface area (Å²) in [5.74, 6) is -0.660. The maximum absolute atomic E-state index is 11.8. The van der Waals surface area contributed by atoms with E-state index in [4.69, 9.17) is 9.84 Å². The molecule has 2 rings (SSSR count). The summed E-state index contributed by atoms with van der Waals surface area (Å²) in [6, 6.07) is 11.7. The number of amides is 1. The van der Waals surface area contributed by atoms with Gasteiger partial charge >= 0.3 is 5.97 Å². The lowest BCUT2D eigenvalue weighted by Crippen LogP contribution is -2.20. The predicted octanol–water partition coefficient (Wildman–Crippen LogP) is 3.02. The molecule has 0 bridgehead atoms. The van der Waals surface area contributed by atoms with Crippen LogP contribution in [0.15, 0.2) is 42.5 Å². The molecule has 0 aliphatic rings. The minimum Gasteiger partial charge on any atom is -0.484 e. The Balaban J connectivity index is 1.91. The molecule has 2 aromatic rings. The largest absolute Gasteiger partial charge is 0.484 e. The van der Waals surface area contributed by atoms with Crippen LogP contribution in [0.5, 0.6) is 5.75 Å². The summed E-state index contributed by atoms with van der Waals surface area (Å²) >= 11 is 0. The Kier molecular flexibility index (Phi) is 4.78. The molecule has 0 spiro atoms. The fourth-order valence-electron chi connectivity index (χ4n) is 2.06. The van der Waals surface area contributed by atoms with E-state index in [0.717, 1.165) is 11.1 Å². The van der Waals surface area contributed by atoms with E-state index in [2.05, 4.69) is 5.32 Å². The van der Waals surface area contributed by atoms with Crippen LogP contribution in [-0.4, -0.2) is 23.6 Å². The molecule has 5 nitrogen and oxygen atoms in total. The lowest BCUT2D eigenvalue weighted by molar-refractivity contribution is -0.118. The lowest BCUT2D eigenvalue weighted by Gasteiger charge is -2.09. The third-order valence-corrected chi connectivity index (χ3v) is 2.98. The van der Waals surface area contributed by atoms with Crippen molar-refractivity contribution in [1.29, 1.82) is 0 Å². The molecule has 0 atom stereocenters. The van der Waals surface area contributed by atoms with Crippen molar-refractivity contribution in [3.63, 3.8) is 0 Å². The maximum atomic E-state index is 11.8. The SMILES string of the molecule is Cc1cc(C)cc(OCC(=O)Nc2ccc(C(=O)O)cc2)c1. The number of rotatable bonds is 5. The van der Waals surface area contributed by atoms with Gasteiger partial charge in [0.1, 0.15) is 5.75 Å². The average Bonchev–Trinajstić information content (AvgIpc) is 2.45. The molecule has 1 amide bonds. The summed E-state index contributed by atoms with van der Waals surface area (Å²) in [7, 11) is 0. The minimum absolute atomic E-state index is 0.108. The second kappa shape index (κ2) is 6.76. The van der Waals surface area contributed by atoms with Crippen molar-refractivity contribution in [2.45, 2.75) is 13.8 Å². The summed E-state index contributed by atoms with van der Waals surface area (Å²) in [6.07, 6.45) is 0. The predicted molar refractivity (Wildman–Crippen MR) is 83.4 cm³/mol. The summed E-state index contributed by atoms with van der Waals surface area (Å²) in [6.45, 7) is 3.82. The van der Waals surface area contributed by atoms with E-state index < -0.39 is 5.97 Å². The first-order valence-electron chi connectivity index (χ1n) is 6.78. The van der Waals surface area contributed by atoms with Gasteiger partial charge in [0, 0.05) is 5.69 Å². The summed E-state index contributed by atoms with van der Waals surface area (Å²) in [4.78, 5) is 22.6. The zero-order valence-electron chi connectivity index (χ0n) is 12.4. The Morgan fingerprint density at radius 1 is 1.05 bits per heavy atom. The van der Waals surface area contributed by atoms with Crippen molar-refractivity contribution in [2.75, 3.05) is 11.9 Å². The van der Waals surface area contributed by atoms with Crippen LogP contribution in [0.2, 0.25) is 0 Å². The van der Waals surface area contributed by atoms with Gasteiger partial charge in [0.25, 0.3) is 5.91 Å². The highest BCUT2D eigenvalue weighted by Crippen LogP contribution is 2.16. The van der Waals surface area contributed by atoms with Gasteiger partial charge in [-0.15, -0.1) is 0 Å². The first kappa shape index (κ1) is 15.6. The molecule has 2 N–H and O–H groups in total. The van der Waals surface area contributed by atoms with Crippen LogP contribution in [-0.2, 0) is 4.79 Å². The van der Waals surface area contributed by atoms with Crippen molar-refractivity contribution in [2.24, 2.45) is 0 Å². The summed E-state index contributed by atoms with van der Waals surface area (Å²) in [5.41, 5.74) is 2.84. The van der Waals surface area contributed by atoms with Crippen molar-refractivity contribution in [3.8, 4) is 5.75 Å². The van der Waals surface area contributed by atoms with Crippen LogP contribution in [0.3, 0.4) is 0 Å². The highest BCUT2D eigenvalue weighted by molar-refractivity contribution is 5.93. The second-order valence-corrected chi connectivity index (χ2v) is 5.04. The quantitative estimate of drug-likeness (QED) is 0.890. The molecule has 5 heteroatoms. The highest BCUT2D eigenvalue weighted by atomic mass is 16.5. The summed E-state index contributed by atoms with van der Waals surface area (Å²) in [5, 5.41) is 11.5. The van der Waals surface area contributed by atoms with E-state index in [1.165, 1.54) is 24.3 Å². The van der Waals surface area contributed by atoms with Gasteiger partial charge in [-0.1, -0.05) is 6.07 Å². The molecule has 0 heterocycles. The fourth-order valence-corrected chi connectivity index (χ4v) is 2.06. The second-order valence-electron chi connectivity index (χ2n) is 5.04. The number of carboxylic acid groups (broad SMARTS) is 1. The Morgan fingerprint density at radius 2 is 1.64 bits per heavy atom. The molecule has 0 aromatic heterocycles. The third-order valence-electron chi connectivity index (χ3n) is 2.98. The monoisotopic (exact) mass is 299 g/mol. The minimum atomic E-state index is -1.00. The smallest absolute Gasteiger partial charge is 0.335 e. The molecule has 0 saturated carbocycles. The number of hydrogen-bond acceptors (Lipinski definition) is 3. The van der Waals surface area contributed by atoms with Crippen LogP contribution < -0.4 is 10.1 Å². The molecule has 0 aliphatic heterocycles. The average molecular weight is 299 g/mol. The number of carboxylic acids is 1. The van der Waals surface area contributed by atoms with E-state index >= 15 is 0 Å². The Labute approximate surface area is 128 Å². The number of carbonyl (C=O) groups is 2. The van der Waals surface area contributed by atoms with Gasteiger partial charge in [-0.05, 0) is 61.4 Å². The number of benzene rings is 2. The number of aryl methyl sites for hydroxylation is 2. The van der Waals surface area contributed by atoms with Crippen LogP contribution in [0.25, 0.3) is 0 Å². The molecule has 0 aliphatic carbocycles. The number of ether oxygens (including phenoxy) is 1. The Hall–Kier alpha value is -2.82. The molecular weight excluding hydrogens is 282 g/mol. The zero-order chi connectivity index (χ0) is 16.1. The molecular formula is C17H17NO4. The van der Waals surface area contributed by atoms with E-state index in [-0.39, 0.29) is 18.1 Å². The number of hydrogen-bond donors (Lipinski definition) is 2. The topological polar surface area (TPSA) is 75.6 Å². The van der Waals surface area contributed by atoms with Crippen LogP contribution in [0.4, 0.5) is 5.69 Å². The molecule has 0 fully saturated rings. The normalized spacial score (nSPS) is 10.1.